The van der Waals surface area contributed by atoms with Gasteiger partial charge in [-0.05, 0) is 50.6 Å². The quantitative estimate of drug-likeness (QED) is 0.789. The molecule has 116 valence electrons. The number of ether oxygens (including phenoxy) is 1. The molecule has 2 N–H and O–H groups in total. The molecule has 1 aromatic rings. The van der Waals surface area contributed by atoms with Crippen molar-refractivity contribution in [3.63, 3.8) is 0 Å². The second kappa shape index (κ2) is 7.52. The molecule has 0 aliphatic carbocycles. The molecule has 4 nitrogen and oxygen atoms in total. The van der Waals surface area contributed by atoms with Crippen LogP contribution in [0.1, 0.15) is 31.2 Å². The molecule has 2 rings (SSSR count). The molecule has 0 aromatic heterocycles. The van der Waals surface area contributed by atoms with Crippen molar-refractivity contribution in [1.82, 2.24) is 10.6 Å². The van der Waals surface area contributed by atoms with E-state index in [2.05, 4.69) is 10.6 Å². The van der Waals surface area contributed by atoms with Crippen molar-refractivity contribution in [3.8, 4) is 0 Å². The summed E-state index contributed by atoms with van der Waals surface area (Å²) in [5.41, 5.74) is 0.324. The van der Waals surface area contributed by atoms with Gasteiger partial charge in [-0.15, -0.1) is 0 Å². The van der Waals surface area contributed by atoms with E-state index < -0.39 is 5.54 Å². The molecule has 1 aromatic carbocycles. The number of carbonyl (C=O) groups excluding carboxylic acids is 1. The summed E-state index contributed by atoms with van der Waals surface area (Å²) in [5.74, 6) is -0.265. The van der Waals surface area contributed by atoms with Crippen molar-refractivity contribution >= 4 is 5.91 Å². The second-order valence-corrected chi connectivity index (χ2v) is 5.46. The van der Waals surface area contributed by atoms with Crippen LogP contribution in [0, 0.1) is 5.82 Å². The van der Waals surface area contributed by atoms with Crippen LogP contribution in [0.2, 0.25) is 0 Å². The third-order valence-corrected chi connectivity index (χ3v) is 3.93. The fourth-order valence-corrected chi connectivity index (χ4v) is 2.75. The van der Waals surface area contributed by atoms with Gasteiger partial charge in [0, 0.05) is 19.6 Å². The summed E-state index contributed by atoms with van der Waals surface area (Å²) < 4.78 is 18.9. The molecule has 0 spiro atoms. The molecule has 1 saturated heterocycles. The molecule has 1 fully saturated rings. The van der Waals surface area contributed by atoms with Crippen molar-refractivity contribution < 1.29 is 13.9 Å². The Labute approximate surface area is 125 Å². The Morgan fingerprint density at radius 1 is 1.38 bits per heavy atom. The Morgan fingerprint density at radius 3 is 2.81 bits per heavy atom. The third-order valence-electron chi connectivity index (χ3n) is 3.93. The molecule has 1 heterocycles. The summed E-state index contributed by atoms with van der Waals surface area (Å²) in [4.78, 5) is 12.2. The molecule has 5 heteroatoms. The first-order valence-electron chi connectivity index (χ1n) is 7.46. The number of benzene rings is 1. The van der Waals surface area contributed by atoms with Crippen LogP contribution in [0.3, 0.4) is 0 Å². The van der Waals surface area contributed by atoms with Gasteiger partial charge < -0.3 is 15.4 Å². The standard InChI is InChI=1S/C16H23FN2O2/c1-18-9-3-6-15(20)19-16(7-10-21-11-8-16)13-4-2-5-14(17)12-13/h2,4-5,12,18H,3,6-11H2,1H3,(H,19,20). The summed E-state index contributed by atoms with van der Waals surface area (Å²) in [6.45, 7) is 1.96. The highest BCUT2D eigenvalue weighted by Gasteiger charge is 2.35. The third kappa shape index (κ3) is 4.25. The van der Waals surface area contributed by atoms with Gasteiger partial charge in [-0.25, -0.2) is 4.39 Å². The topological polar surface area (TPSA) is 50.4 Å². The van der Waals surface area contributed by atoms with Gasteiger partial charge >= 0.3 is 0 Å². The molecule has 0 atom stereocenters. The van der Waals surface area contributed by atoms with Crippen LogP contribution in [0.4, 0.5) is 4.39 Å². The Morgan fingerprint density at radius 2 is 2.14 bits per heavy atom. The molecule has 1 aliphatic heterocycles. The largest absolute Gasteiger partial charge is 0.381 e. The van der Waals surface area contributed by atoms with Crippen LogP contribution in [0.25, 0.3) is 0 Å². The lowest BCUT2D eigenvalue weighted by molar-refractivity contribution is -0.124. The minimum Gasteiger partial charge on any atom is -0.381 e. The van der Waals surface area contributed by atoms with Crippen LogP contribution in [-0.2, 0) is 15.1 Å². The van der Waals surface area contributed by atoms with E-state index in [4.69, 9.17) is 4.74 Å². The Kier molecular flexibility index (Phi) is 5.70. The highest BCUT2D eigenvalue weighted by atomic mass is 19.1. The first-order valence-corrected chi connectivity index (χ1v) is 7.46. The minimum atomic E-state index is -0.503. The smallest absolute Gasteiger partial charge is 0.220 e. The van der Waals surface area contributed by atoms with E-state index in [0.29, 0.717) is 32.5 Å². The zero-order valence-electron chi connectivity index (χ0n) is 12.5. The van der Waals surface area contributed by atoms with Crippen LogP contribution >= 0.6 is 0 Å². The lowest BCUT2D eigenvalue weighted by Crippen LogP contribution is -2.49. The van der Waals surface area contributed by atoms with Crippen LogP contribution < -0.4 is 10.6 Å². The normalized spacial score (nSPS) is 17.4. The van der Waals surface area contributed by atoms with E-state index >= 15 is 0 Å². The molecule has 0 bridgehead atoms. The van der Waals surface area contributed by atoms with Gasteiger partial charge in [0.1, 0.15) is 5.82 Å². The monoisotopic (exact) mass is 294 g/mol. The predicted molar refractivity (Wildman–Crippen MR) is 79.4 cm³/mol. The van der Waals surface area contributed by atoms with Gasteiger partial charge in [0.25, 0.3) is 0 Å². The zero-order valence-corrected chi connectivity index (χ0v) is 12.5. The van der Waals surface area contributed by atoms with Gasteiger partial charge in [-0.3, -0.25) is 4.79 Å². The van der Waals surface area contributed by atoms with Crippen LogP contribution in [0.5, 0.6) is 0 Å². The average Bonchev–Trinajstić information content (AvgIpc) is 2.48. The van der Waals surface area contributed by atoms with Crippen molar-refractivity contribution in [3.05, 3.63) is 35.6 Å². The number of rotatable bonds is 6. The summed E-state index contributed by atoms with van der Waals surface area (Å²) >= 11 is 0. The molecular formula is C16H23FN2O2. The number of halogens is 1. The fraction of sp³-hybridized carbons (Fsp3) is 0.562. The average molecular weight is 294 g/mol. The Balaban J connectivity index is 2.12. The van der Waals surface area contributed by atoms with Crippen LogP contribution in [-0.4, -0.2) is 32.7 Å². The van der Waals surface area contributed by atoms with Crippen molar-refractivity contribution in [2.45, 2.75) is 31.2 Å². The highest BCUT2D eigenvalue weighted by Crippen LogP contribution is 2.32. The molecule has 0 unspecified atom stereocenters. The van der Waals surface area contributed by atoms with Crippen molar-refractivity contribution in [2.75, 3.05) is 26.8 Å². The SMILES string of the molecule is CNCCCC(=O)NC1(c2cccc(F)c2)CCOCC1. The van der Waals surface area contributed by atoms with E-state index in [0.717, 1.165) is 18.5 Å². The maximum Gasteiger partial charge on any atom is 0.220 e. The second-order valence-electron chi connectivity index (χ2n) is 5.46. The van der Waals surface area contributed by atoms with Gasteiger partial charge in [0.2, 0.25) is 5.91 Å². The summed E-state index contributed by atoms with van der Waals surface area (Å²) in [6, 6.07) is 6.50. The molecule has 0 radical (unpaired) electrons. The van der Waals surface area contributed by atoms with Gasteiger partial charge in [-0.2, -0.15) is 0 Å². The van der Waals surface area contributed by atoms with E-state index in [1.54, 1.807) is 6.07 Å². The van der Waals surface area contributed by atoms with E-state index in [1.807, 2.05) is 13.1 Å². The number of hydrogen-bond acceptors (Lipinski definition) is 3. The molecule has 21 heavy (non-hydrogen) atoms. The predicted octanol–water partition coefficient (Wildman–Crippen LogP) is 1.95. The summed E-state index contributed by atoms with van der Waals surface area (Å²) in [5, 5.41) is 6.15. The number of amides is 1. The lowest BCUT2D eigenvalue weighted by atomic mass is 9.82. The fourth-order valence-electron chi connectivity index (χ4n) is 2.75. The summed E-state index contributed by atoms with van der Waals surface area (Å²) in [6.07, 6.45) is 2.61. The number of carbonyl (C=O) groups is 1. The summed E-state index contributed by atoms with van der Waals surface area (Å²) in [7, 11) is 1.87. The maximum atomic E-state index is 13.5. The molecule has 1 aliphatic rings. The minimum absolute atomic E-state index is 0.0106. The highest BCUT2D eigenvalue weighted by molar-refractivity contribution is 5.77. The van der Waals surface area contributed by atoms with Crippen molar-refractivity contribution in [2.24, 2.45) is 0 Å². The van der Waals surface area contributed by atoms with Crippen LogP contribution in [0.15, 0.2) is 24.3 Å². The Bertz CT molecular complexity index is 473. The van der Waals surface area contributed by atoms with E-state index in [1.165, 1.54) is 12.1 Å². The maximum absolute atomic E-state index is 13.5. The van der Waals surface area contributed by atoms with Gasteiger partial charge in [0.15, 0.2) is 0 Å². The molecular weight excluding hydrogens is 271 g/mol. The number of nitrogens with one attached hydrogen (secondary N) is 2. The van der Waals surface area contributed by atoms with Gasteiger partial charge in [0.05, 0.1) is 5.54 Å². The Hall–Kier alpha value is -1.46. The lowest BCUT2D eigenvalue weighted by Gasteiger charge is -2.38. The first-order chi connectivity index (χ1) is 10.2. The van der Waals surface area contributed by atoms with Gasteiger partial charge in [-0.1, -0.05) is 12.1 Å². The molecule has 0 saturated carbocycles. The van der Waals surface area contributed by atoms with E-state index in [-0.39, 0.29) is 11.7 Å². The van der Waals surface area contributed by atoms with Crippen molar-refractivity contribution in [1.29, 1.82) is 0 Å². The molecule has 1 amide bonds. The first kappa shape index (κ1) is 15.9. The number of hydrogen-bond donors (Lipinski definition) is 2. The zero-order chi connectivity index (χ0) is 15.1. The van der Waals surface area contributed by atoms with E-state index in [9.17, 15) is 9.18 Å².